The Kier molecular flexibility index (Phi) is 9.11. The van der Waals surface area contributed by atoms with E-state index in [9.17, 15) is 14.3 Å². The van der Waals surface area contributed by atoms with Crippen molar-refractivity contribution >= 4 is 11.9 Å². The number of hydrogen-bond donors (Lipinski definition) is 4. The highest BCUT2D eigenvalue weighted by Gasteiger charge is 2.10. The molecule has 6 nitrogen and oxygen atoms in total. The number of aryl methyl sites for hydroxylation is 1. The summed E-state index contributed by atoms with van der Waals surface area (Å²) >= 11 is 0. The van der Waals surface area contributed by atoms with Crippen molar-refractivity contribution in [3.05, 3.63) is 71.0 Å². The molecule has 4 N–H and O–H groups in total. The molecule has 0 aliphatic rings. The van der Waals surface area contributed by atoms with Gasteiger partial charge in [-0.15, -0.1) is 0 Å². The Bertz CT molecular complexity index is 812. The number of aliphatic hydroxyl groups is 1. The van der Waals surface area contributed by atoms with Crippen molar-refractivity contribution in [1.82, 2.24) is 16.0 Å². The SMILES string of the molecule is CCNC(=NCC(CO)c1ccccc1)NCCNC(=O)c1ccc(C)c(F)c1. The number of guanidine groups is 1. The van der Waals surface area contributed by atoms with E-state index in [0.29, 0.717) is 43.3 Å². The van der Waals surface area contributed by atoms with Crippen LogP contribution in [0.1, 0.15) is 34.3 Å². The van der Waals surface area contributed by atoms with Crippen molar-refractivity contribution < 1.29 is 14.3 Å². The third-order valence-corrected chi connectivity index (χ3v) is 4.44. The van der Waals surface area contributed by atoms with Crippen LogP contribution in [0.15, 0.2) is 53.5 Å². The summed E-state index contributed by atoms with van der Waals surface area (Å²) in [5, 5.41) is 18.7. The Hall–Kier alpha value is -2.93. The molecule has 7 heteroatoms. The summed E-state index contributed by atoms with van der Waals surface area (Å²) in [5.74, 6) is -0.188. The molecule has 2 aromatic carbocycles. The number of benzene rings is 2. The quantitative estimate of drug-likeness (QED) is 0.295. The van der Waals surface area contributed by atoms with Crippen LogP contribution in [0.2, 0.25) is 0 Å². The molecule has 0 aromatic heterocycles. The van der Waals surface area contributed by atoms with E-state index in [-0.39, 0.29) is 18.4 Å². The largest absolute Gasteiger partial charge is 0.396 e. The standard InChI is InChI=1S/C22H29FN4O2/c1-3-24-22(27-14-19(15-28)17-7-5-4-6-8-17)26-12-11-25-21(29)18-10-9-16(2)20(23)13-18/h4-10,13,19,28H,3,11-12,14-15H2,1-2H3,(H,25,29)(H2,24,26,27). The van der Waals surface area contributed by atoms with Gasteiger partial charge < -0.3 is 21.1 Å². The molecule has 0 heterocycles. The summed E-state index contributed by atoms with van der Waals surface area (Å²) in [7, 11) is 0. The van der Waals surface area contributed by atoms with E-state index >= 15 is 0 Å². The van der Waals surface area contributed by atoms with E-state index in [1.165, 1.54) is 6.07 Å². The first kappa shape index (κ1) is 22.4. The summed E-state index contributed by atoms with van der Waals surface area (Å²) < 4.78 is 13.6. The Morgan fingerprint density at radius 3 is 2.48 bits per heavy atom. The molecule has 0 saturated heterocycles. The Balaban J connectivity index is 1.84. The Morgan fingerprint density at radius 1 is 1.10 bits per heavy atom. The number of halogens is 1. The van der Waals surface area contributed by atoms with Crippen LogP contribution in [-0.2, 0) is 0 Å². The first-order valence-corrected chi connectivity index (χ1v) is 9.77. The van der Waals surface area contributed by atoms with Gasteiger partial charge in [0.05, 0.1) is 13.2 Å². The maximum absolute atomic E-state index is 13.6. The van der Waals surface area contributed by atoms with Gasteiger partial charge in [0, 0.05) is 31.1 Å². The Morgan fingerprint density at radius 2 is 1.83 bits per heavy atom. The van der Waals surface area contributed by atoms with Crippen LogP contribution >= 0.6 is 0 Å². The molecule has 0 aliphatic heterocycles. The minimum absolute atomic E-state index is 0.0100. The van der Waals surface area contributed by atoms with Gasteiger partial charge in [-0.05, 0) is 37.1 Å². The second-order valence-corrected chi connectivity index (χ2v) is 6.66. The Labute approximate surface area is 171 Å². The number of nitrogens with zero attached hydrogens (tertiary/aromatic N) is 1. The van der Waals surface area contributed by atoms with E-state index in [1.807, 2.05) is 37.3 Å². The minimum atomic E-state index is -0.394. The normalized spacial score (nSPS) is 12.3. The summed E-state index contributed by atoms with van der Waals surface area (Å²) in [4.78, 5) is 16.6. The molecular formula is C22H29FN4O2. The van der Waals surface area contributed by atoms with Gasteiger partial charge in [0.2, 0.25) is 0 Å². The third-order valence-electron chi connectivity index (χ3n) is 4.44. The van der Waals surface area contributed by atoms with Gasteiger partial charge in [-0.2, -0.15) is 0 Å². The van der Waals surface area contributed by atoms with Crippen LogP contribution in [0.25, 0.3) is 0 Å². The number of hydrogen-bond acceptors (Lipinski definition) is 3. The summed E-state index contributed by atoms with van der Waals surface area (Å²) in [6.07, 6.45) is 0. The minimum Gasteiger partial charge on any atom is -0.396 e. The van der Waals surface area contributed by atoms with Crippen molar-refractivity contribution in [3.63, 3.8) is 0 Å². The van der Waals surface area contributed by atoms with Crippen LogP contribution in [0.5, 0.6) is 0 Å². The fraction of sp³-hybridized carbons (Fsp3) is 0.364. The number of amides is 1. The first-order valence-electron chi connectivity index (χ1n) is 9.77. The van der Waals surface area contributed by atoms with Gasteiger partial charge in [0.15, 0.2) is 5.96 Å². The second kappa shape index (κ2) is 11.8. The lowest BCUT2D eigenvalue weighted by Crippen LogP contribution is -2.41. The van der Waals surface area contributed by atoms with Crippen molar-refractivity contribution in [2.24, 2.45) is 4.99 Å². The van der Waals surface area contributed by atoms with Gasteiger partial charge in [-0.3, -0.25) is 9.79 Å². The number of aliphatic hydroxyl groups excluding tert-OH is 1. The van der Waals surface area contributed by atoms with Gasteiger partial charge >= 0.3 is 0 Å². The van der Waals surface area contributed by atoms with E-state index in [0.717, 1.165) is 5.56 Å². The highest BCUT2D eigenvalue weighted by Crippen LogP contribution is 2.14. The van der Waals surface area contributed by atoms with Crippen molar-refractivity contribution in [3.8, 4) is 0 Å². The average molecular weight is 400 g/mol. The van der Waals surface area contributed by atoms with E-state index < -0.39 is 5.82 Å². The number of carbonyl (C=O) groups excluding carboxylic acids is 1. The van der Waals surface area contributed by atoms with Crippen molar-refractivity contribution in [2.45, 2.75) is 19.8 Å². The first-order chi connectivity index (χ1) is 14.0. The number of rotatable bonds is 9. The number of aliphatic imine (C=N–C) groups is 1. The molecule has 2 rings (SSSR count). The van der Waals surface area contributed by atoms with Crippen molar-refractivity contribution in [2.75, 3.05) is 32.8 Å². The highest BCUT2D eigenvalue weighted by molar-refractivity contribution is 5.94. The van der Waals surface area contributed by atoms with Crippen LogP contribution in [-0.4, -0.2) is 49.8 Å². The van der Waals surface area contributed by atoms with E-state index in [1.54, 1.807) is 19.1 Å². The lowest BCUT2D eigenvalue weighted by Gasteiger charge is -2.15. The smallest absolute Gasteiger partial charge is 0.251 e. The topological polar surface area (TPSA) is 85.8 Å². The predicted molar refractivity (Wildman–Crippen MR) is 114 cm³/mol. The zero-order valence-electron chi connectivity index (χ0n) is 16.9. The third kappa shape index (κ3) is 7.19. The molecular weight excluding hydrogens is 371 g/mol. The van der Waals surface area contributed by atoms with Gasteiger partial charge in [0.25, 0.3) is 5.91 Å². The molecule has 156 valence electrons. The second-order valence-electron chi connectivity index (χ2n) is 6.66. The van der Waals surface area contributed by atoms with Crippen molar-refractivity contribution in [1.29, 1.82) is 0 Å². The molecule has 0 radical (unpaired) electrons. The zero-order valence-corrected chi connectivity index (χ0v) is 16.9. The van der Waals surface area contributed by atoms with Crippen LogP contribution < -0.4 is 16.0 Å². The molecule has 0 fully saturated rings. The summed E-state index contributed by atoms with van der Waals surface area (Å²) in [6, 6.07) is 14.2. The summed E-state index contributed by atoms with van der Waals surface area (Å²) in [5.41, 5.74) is 1.83. The maximum atomic E-state index is 13.6. The molecule has 1 atom stereocenters. The fourth-order valence-electron chi connectivity index (χ4n) is 2.73. The van der Waals surface area contributed by atoms with Crippen LogP contribution in [0, 0.1) is 12.7 Å². The zero-order chi connectivity index (χ0) is 21.1. The van der Waals surface area contributed by atoms with E-state index in [4.69, 9.17) is 0 Å². The molecule has 1 unspecified atom stereocenters. The lowest BCUT2D eigenvalue weighted by atomic mass is 10.0. The lowest BCUT2D eigenvalue weighted by molar-refractivity contribution is 0.0954. The molecule has 29 heavy (non-hydrogen) atoms. The average Bonchev–Trinajstić information content (AvgIpc) is 2.74. The van der Waals surface area contributed by atoms with Crippen LogP contribution in [0.4, 0.5) is 4.39 Å². The summed E-state index contributed by atoms with van der Waals surface area (Å²) in [6.45, 7) is 5.58. The van der Waals surface area contributed by atoms with Crippen LogP contribution in [0.3, 0.4) is 0 Å². The molecule has 0 spiro atoms. The molecule has 0 bridgehead atoms. The van der Waals surface area contributed by atoms with Gasteiger partial charge in [-0.1, -0.05) is 36.4 Å². The van der Waals surface area contributed by atoms with Gasteiger partial charge in [0.1, 0.15) is 5.82 Å². The molecule has 1 amide bonds. The maximum Gasteiger partial charge on any atom is 0.251 e. The van der Waals surface area contributed by atoms with Gasteiger partial charge in [-0.25, -0.2) is 4.39 Å². The number of carbonyl (C=O) groups is 1. The van der Waals surface area contributed by atoms with E-state index in [2.05, 4.69) is 20.9 Å². The fourth-order valence-corrected chi connectivity index (χ4v) is 2.73. The molecule has 2 aromatic rings. The molecule has 0 aliphatic carbocycles. The molecule has 0 saturated carbocycles. The highest BCUT2D eigenvalue weighted by atomic mass is 19.1. The number of nitrogens with one attached hydrogen (secondary N) is 3. The monoisotopic (exact) mass is 400 g/mol. The predicted octanol–water partition coefficient (Wildman–Crippen LogP) is 2.20.